The minimum atomic E-state index is -4.74. The van der Waals surface area contributed by atoms with Gasteiger partial charge in [0.15, 0.2) is 17.4 Å². The number of aromatic nitrogens is 4. The molecule has 14 heteroatoms. The number of aromatic amines is 1. The van der Waals surface area contributed by atoms with Crippen molar-refractivity contribution in [1.29, 1.82) is 0 Å². The van der Waals surface area contributed by atoms with Gasteiger partial charge in [0, 0.05) is 0 Å². The summed E-state index contributed by atoms with van der Waals surface area (Å²) in [7, 11) is -4.74. The second kappa shape index (κ2) is 5.76. The summed E-state index contributed by atoms with van der Waals surface area (Å²) in [5.41, 5.74) is 4.80. The third-order valence-corrected chi connectivity index (χ3v) is 3.88. The molecule has 4 atom stereocenters. The van der Waals surface area contributed by atoms with Gasteiger partial charge in [-0.2, -0.15) is 13.4 Å². The fraction of sp³-hybridized carbons (Fsp3) is 0.500. The lowest BCUT2D eigenvalue weighted by atomic mass is 10.1. The second-order valence-corrected chi connectivity index (χ2v) is 6.12. The maximum atomic E-state index is 11.7. The van der Waals surface area contributed by atoms with Gasteiger partial charge >= 0.3 is 10.4 Å². The minimum absolute atomic E-state index is 0.00356. The number of hydrogen-bond acceptors (Lipinski definition) is 10. The molecular formula is C10H13N5O8S. The van der Waals surface area contributed by atoms with E-state index < -0.39 is 47.1 Å². The molecule has 0 radical (unpaired) electrons. The number of ether oxygens (including phenoxy) is 1. The van der Waals surface area contributed by atoms with E-state index in [9.17, 15) is 23.4 Å². The van der Waals surface area contributed by atoms with Gasteiger partial charge in [-0.25, -0.2) is 9.17 Å². The highest BCUT2D eigenvalue weighted by molar-refractivity contribution is 7.80. The number of fused-ring (bicyclic) bond motifs is 1. The number of H-pyrrole nitrogens is 1. The summed E-state index contributed by atoms with van der Waals surface area (Å²) in [6, 6.07) is 0. The molecule has 4 unspecified atom stereocenters. The summed E-state index contributed by atoms with van der Waals surface area (Å²) in [5, 5.41) is 20.0. The molecule has 0 amide bonds. The molecule has 2 aromatic rings. The maximum absolute atomic E-state index is 11.7. The molecule has 0 spiro atoms. The van der Waals surface area contributed by atoms with E-state index in [0.29, 0.717) is 0 Å². The van der Waals surface area contributed by atoms with E-state index in [0.717, 1.165) is 6.33 Å². The van der Waals surface area contributed by atoms with Gasteiger partial charge in [0.25, 0.3) is 5.56 Å². The monoisotopic (exact) mass is 363 g/mol. The summed E-state index contributed by atoms with van der Waals surface area (Å²) in [4.78, 5) is 21.7. The van der Waals surface area contributed by atoms with Crippen molar-refractivity contribution in [1.82, 2.24) is 19.5 Å². The van der Waals surface area contributed by atoms with E-state index in [1.807, 2.05) is 0 Å². The number of nitrogen functional groups attached to an aromatic ring is 1. The van der Waals surface area contributed by atoms with Gasteiger partial charge in [-0.05, 0) is 0 Å². The molecule has 0 saturated carbocycles. The van der Waals surface area contributed by atoms with Crippen LogP contribution in [-0.4, -0.2) is 67.6 Å². The zero-order valence-electron chi connectivity index (χ0n) is 11.8. The topological polar surface area (TPSA) is 203 Å². The number of nitrogens with zero attached hydrogens (tertiary/aromatic N) is 3. The number of nitrogens with two attached hydrogens (primary N) is 1. The Morgan fingerprint density at radius 3 is 2.79 bits per heavy atom. The maximum Gasteiger partial charge on any atom is 0.397 e. The van der Waals surface area contributed by atoms with E-state index in [1.54, 1.807) is 0 Å². The number of rotatable bonds is 4. The van der Waals surface area contributed by atoms with Crippen LogP contribution >= 0.6 is 0 Å². The van der Waals surface area contributed by atoms with Crippen molar-refractivity contribution in [2.45, 2.75) is 24.5 Å². The van der Waals surface area contributed by atoms with Crippen molar-refractivity contribution in [3.05, 3.63) is 16.7 Å². The number of anilines is 1. The average Bonchev–Trinajstić information content (AvgIpc) is 3.00. The zero-order chi connectivity index (χ0) is 17.6. The summed E-state index contributed by atoms with van der Waals surface area (Å²) in [6.45, 7) is -0.726. The quantitative estimate of drug-likeness (QED) is 0.349. The molecule has 0 bridgehead atoms. The van der Waals surface area contributed by atoms with Crippen LogP contribution in [0.5, 0.6) is 0 Å². The highest BCUT2D eigenvalue weighted by Gasteiger charge is 2.45. The van der Waals surface area contributed by atoms with E-state index in [4.69, 9.17) is 15.0 Å². The van der Waals surface area contributed by atoms with E-state index in [1.165, 1.54) is 4.57 Å². The SMILES string of the molecule is Nc1nc2c(ncn2C2OC(COS(=O)(=O)O)C(O)C2O)c(=O)[nH]1. The van der Waals surface area contributed by atoms with Crippen LogP contribution in [0.4, 0.5) is 5.95 Å². The normalized spacial score (nSPS) is 27.8. The number of aliphatic hydroxyl groups excluding tert-OH is 2. The second-order valence-electron chi connectivity index (χ2n) is 5.03. The summed E-state index contributed by atoms with van der Waals surface area (Å²) in [6.07, 6.45) is -4.36. The number of imidazole rings is 1. The number of hydrogen-bond donors (Lipinski definition) is 5. The molecule has 3 rings (SSSR count). The zero-order valence-corrected chi connectivity index (χ0v) is 12.6. The first-order valence-corrected chi connectivity index (χ1v) is 7.89. The fourth-order valence-corrected chi connectivity index (χ4v) is 2.69. The van der Waals surface area contributed by atoms with Gasteiger partial charge < -0.3 is 20.7 Å². The molecule has 24 heavy (non-hydrogen) atoms. The first-order valence-electron chi connectivity index (χ1n) is 6.53. The Kier molecular flexibility index (Phi) is 4.02. The Labute approximate surface area is 133 Å². The molecule has 13 nitrogen and oxygen atoms in total. The van der Waals surface area contributed by atoms with E-state index >= 15 is 0 Å². The molecule has 2 aromatic heterocycles. The minimum Gasteiger partial charge on any atom is -0.387 e. The third-order valence-electron chi connectivity index (χ3n) is 3.44. The van der Waals surface area contributed by atoms with Crippen molar-refractivity contribution in [3.8, 4) is 0 Å². The highest BCUT2D eigenvalue weighted by Crippen LogP contribution is 2.31. The smallest absolute Gasteiger partial charge is 0.387 e. The van der Waals surface area contributed by atoms with Gasteiger partial charge in [-0.1, -0.05) is 0 Å². The van der Waals surface area contributed by atoms with Crippen LogP contribution in [0, 0.1) is 0 Å². The Morgan fingerprint density at radius 1 is 1.42 bits per heavy atom. The van der Waals surface area contributed by atoms with Crippen LogP contribution in [0.2, 0.25) is 0 Å². The molecule has 6 N–H and O–H groups in total. The predicted octanol–water partition coefficient (Wildman–Crippen LogP) is -2.86. The van der Waals surface area contributed by atoms with E-state index in [2.05, 4.69) is 19.1 Å². The van der Waals surface area contributed by atoms with Crippen molar-refractivity contribution in [3.63, 3.8) is 0 Å². The van der Waals surface area contributed by atoms with Crippen molar-refractivity contribution >= 4 is 27.5 Å². The fourth-order valence-electron chi connectivity index (χ4n) is 2.38. The molecule has 1 aliphatic heterocycles. The molecule has 132 valence electrons. The number of nitrogens with one attached hydrogen (secondary N) is 1. The molecule has 3 heterocycles. The van der Waals surface area contributed by atoms with Crippen LogP contribution in [0.15, 0.2) is 11.1 Å². The Morgan fingerprint density at radius 2 is 2.12 bits per heavy atom. The van der Waals surface area contributed by atoms with Crippen LogP contribution in [0.3, 0.4) is 0 Å². The van der Waals surface area contributed by atoms with Gasteiger partial charge in [0.05, 0.1) is 12.9 Å². The standard InChI is InChI=1S/C10H13N5O8S/c11-10-13-7-4(8(18)14-10)12-2-15(7)9-6(17)5(16)3(23-9)1-22-24(19,20)21/h2-3,5-6,9,16-17H,1H2,(H,19,20,21)(H3,11,13,14,18). The van der Waals surface area contributed by atoms with Crippen LogP contribution < -0.4 is 11.3 Å². The molecule has 1 aliphatic rings. The highest BCUT2D eigenvalue weighted by atomic mass is 32.3. The van der Waals surface area contributed by atoms with Crippen LogP contribution in [0.1, 0.15) is 6.23 Å². The van der Waals surface area contributed by atoms with Crippen molar-refractivity contribution in [2.75, 3.05) is 12.3 Å². The molecule has 1 fully saturated rings. The Bertz CT molecular complexity index is 923. The molecule has 0 aromatic carbocycles. The first kappa shape index (κ1) is 16.7. The summed E-state index contributed by atoms with van der Waals surface area (Å²) >= 11 is 0. The summed E-state index contributed by atoms with van der Waals surface area (Å²) < 4.78 is 40.4. The predicted molar refractivity (Wildman–Crippen MR) is 76.0 cm³/mol. The lowest BCUT2D eigenvalue weighted by Gasteiger charge is -2.16. The average molecular weight is 363 g/mol. The van der Waals surface area contributed by atoms with Gasteiger partial charge in [0.2, 0.25) is 5.95 Å². The Balaban J connectivity index is 1.91. The lowest BCUT2D eigenvalue weighted by molar-refractivity contribution is -0.0477. The van der Waals surface area contributed by atoms with E-state index in [-0.39, 0.29) is 17.1 Å². The largest absolute Gasteiger partial charge is 0.397 e. The van der Waals surface area contributed by atoms with Gasteiger partial charge in [-0.15, -0.1) is 0 Å². The van der Waals surface area contributed by atoms with Crippen molar-refractivity contribution < 1.29 is 32.1 Å². The first-order chi connectivity index (χ1) is 11.2. The number of aliphatic hydroxyl groups is 2. The van der Waals surface area contributed by atoms with Gasteiger partial charge in [-0.3, -0.25) is 18.9 Å². The summed E-state index contributed by atoms with van der Waals surface area (Å²) in [5.74, 6) is -0.187. The molecule has 0 aliphatic carbocycles. The lowest BCUT2D eigenvalue weighted by Crippen LogP contribution is -2.34. The molecule has 1 saturated heterocycles. The Hall–Kier alpha value is -2.10. The third kappa shape index (κ3) is 2.97. The molecular weight excluding hydrogens is 350 g/mol. The van der Waals surface area contributed by atoms with Gasteiger partial charge in [0.1, 0.15) is 18.3 Å². The van der Waals surface area contributed by atoms with Crippen molar-refractivity contribution in [2.24, 2.45) is 0 Å². The van der Waals surface area contributed by atoms with Crippen LogP contribution in [-0.2, 0) is 19.3 Å². The van der Waals surface area contributed by atoms with Crippen LogP contribution in [0.25, 0.3) is 11.2 Å².